The molecule has 0 amide bonds. The maximum atomic E-state index is 5.71. The third kappa shape index (κ3) is 3.39. The fourth-order valence-electron chi connectivity index (χ4n) is 2.40. The van der Waals surface area contributed by atoms with Crippen LogP contribution in [0.15, 0.2) is 18.2 Å². The van der Waals surface area contributed by atoms with E-state index in [4.69, 9.17) is 4.74 Å². The van der Waals surface area contributed by atoms with Crippen molar-refractivity contribution in [2.45, 2.75) is 32.7 Å². The highest BCUT2D eigenvalue weighted by Gasteiger charge is 2.17. The number of aryl methyl sites for hydroxylation is 1. The van der Waals surface area contributed by atoms with Crippen LogP contribution in [-0.4, -0.2) is 37.7 Å². The summed E-state index contributed by atoms with van der Waals surface area (Å²) in [6.07, 6.45) is 2.41. The molecule has 1 N–H and O–H groups in total. The summed E-state index contributed by atoms with van der Waals surface area (Å²) in [5.41, 5.74) is 2.38. The highest BCUT2D eigenvalue weighted by molar-refractivity contribution is 5.58. The molecule has 0 aromatic heterocycles. The van der Waals surface area contributed by atoms with Crippen molar-refractivity contribution in [3.63, 3.8) is 0 Å². The minimum atomic E-state index is 0.572. The number of ether oxygens (including phenoxy) is 1. The Labute approximate surface area is 110 Å². The van der Waals surface area contributed by atoms with Crippen LogP contribution in [0.1, 0.15) is 25.3 Å². The zero-order valence-electron chi connectivity index (χ0n) is 11.7. The fraction of sp³-hybridized carbons (Fsp3) is 0.600. The van der Waals surface area contributed by atoms with Crippen LogP contribution in [0.2, 0.25) is 0 Å². The summed E-state index contributed by atoms with van der Waals surface area (Å²) in [6, 6.07) is 6.96. The Hall–Kier alpha value is -1.22. The zero-order valence-corrected chi connectivity index (χ0v) is 11.7. The van der Waals surface area contributed by atoms with E-state index in [1.807, 2.05) is 6.92 Å². The summed E-state index contributed by atoms with van der Waals surface area (Å²) >= 11 is 0. The van der Waals surface area contributed by atoms with E-state index >= 15 is 0 Å². The van der Waals surface area contributed by atoms with Gasteiger partial charge >= 0.3 is 0 Å². The topological polar surface area (TPSA) is 24.5 Å². The highest BCUT2D eigenvalue weighted by atomic mass is 16.5. The van der Waals surface area contributed by atoms with E-state index in [9.17, 15) is 0 Å². The number of hydrogen-bond donors (Lipinski definition) is 1. The SMILES string of the molecule is CCOc1cc(C)ccc1NC1CCN(C)CC1. The van der Waals surface area contributed by atoms with Crippen molar-refractivity contribution in [1.29, 1.82) is 0 Å². The molecule has 3 nitrogen and oxygen atoms in total. The molecule has 0 spiro atoms. The molecule has 1 aliphatic rings. The summed E-state index contributed by atoms with van der Waals surface area (Å²) in [4.78, 5) is 2.39. The minimum Gasteiger partial charge on any atom is -0.492 e. The van der Waals surface area contributed by atoms with Gasteiger partial charge in [0.15, 0.2) is 0 Å². The van der Waals surface area contributed by atoms with Crippen LogP contribution >= 0.6 is 0 Å². The number of nitrogens with one attached hydrogen (secondary N) is 1. The quantitative estimate of drug-likeness (QED) is 0.886. The van der Waals surface area contributed by atoms with E-state index in [0.717, 1.165) is 11.4 Å². The Morgan fingerprint density at radius 2 is 2.06 bits per heavy atom. The van der Waals surface area contributed by atoms with Crippen molar-refractivity contribution in [2.24, 2.45) is 0 Å². The van der Waals surface area contributed by atoms with Gasteiger partial charge in [-0.15, -0.1) is 0 Å². The van der Waals surface area contributed by atoms with Crippen molar-refractivity contribution < 1.29 is 4.74 Å². The molecule has 0 radical (unpaired) electrons. The second kappa shape index (κ2) is 6.10. The molecule has 1 aromatic rings. The number of likely N-dealkylation sites (tertiary alicyclic amines) is 1. The predicted octanol–water partition coefficient (Wildman–Crippen LogP) is 2.90. The summed E-state index contributed by atoms with van der Waals surface area (Å²) in [5.74, 6) is 0.983. The minimum absolute atomic E-state index is 0.572. The van der Waals surface area contributed by atoms with Crippen LogP contribution in [0, 0.1) is 6.92 Å². The van der Waals surface area contributed by atoms with Gasteiger partial charge in [0.1, 0.15) is 5.75 Å². The molecule has 1 aromatic carbocycles. The van der Waals surface area contributed by atoms with Crippen LogP contribution in [-0.2, 0) is 0 Å². The molecular formula is C15H24N2O. The van der Waals surface area contributed by atoms with Crippen molar-refractivity contribution in [3.8, 4) is 5.75 Å². The summed E-state index contributed by atoms with van der Waals surface area (Å²) in [5, 5.41) is 3.63. The van der Waals surface area contributed by atoms with Crippen LogP contribution < -0.4 is 10.1 Å². The van der Waals surface area contributed by atoms with E-state index in [0.29, 0.717) is 12.6 Å². The van der Waals surface area contributed by atoms with Crippen LogP contribution in [0.5, 0.6) is 5.75 Å². The molecule has 18 heavy (non-hydrogen) atoms. The van der Waals surface area contributed by atoms with Gasteiger partial charge in [-0.2, -0.15) is 0 Å². The van der Waals surface area contributed by atoms with Crippen molar-refractivity contribution in [1.82, 2.24) is 4.90 Å². The van der Waals surface area contributed by atoms with E-state index in [2.05, 4.69) is 42.4 Å². The van der Waals surface area contributed by atoms with Gasteiger partial charge in [-0.1, -0.05) is 6.07 Å². The third-order valence-electron chi connectivity index (χ3n) is 3.52. The second-order valence-corrected chi connectivity index (χ2v) is 5.15. The number of anilines is 1. The number of benzene rings is 1. The van der Waals surface area contributed by atoms with E-state index in [1.165, 1.54) is 31.5 Å². The average molecular weight is 248 g/mol. The lowest BCUT2D eigenvalue weighted by Gasteiger charge is -2.30. The number of rotatable bonds is 4. The standard InChI is InChI=1S/C15H24N2O/c1-4-18-15-11-12(2)5-6-14(15)16-13-7-9-17(3)10-8-13/h5-6,11,13,16H,4,7-10H2,1-3H3. The average Bonchev–Trinajstić information content (AvgIpc) is 2.36. The first kappa shape index (κ1) is 13.2. The van der Waals surface area contributed by atoms with E-state index in [-0.39, 0.29) is 0 Å². The predicted molar refractivity (Wildman–Crippen MR) is 76.5 cm³/mol. The molecule has 0 atom stereocenters. The molecule has 0 bridgehead atoms. The van der Waals surface area contributed by atoms with Gasteiger partial charge in [-0.25, -0.2) is 0 Å². The van der Waals surface area contributed by atoms with Crippen molar-refractivity contribution in [2.75, 3.05) is 32.1 Å². The molecule has 2 rings (SSSR count). The molecular weight excluding hydrogens is 224 g/mol. The van der Waals surface area contributed by atoms with Crippen molar-refractivity contribution in [3.05, 3.63) is 23.8 Å². The lowest BCUT2D eigenvalue weighted by atomic mass is 10.0. The second-order valence-electron chi connectivity index (χ2n) is 5.15. The lowest BCUT2D eigenvalue weighted by molar-refractivity contribution is 0.263. The van der Waals surface area contributed by atoms with Gasteiger partial charge in [0.2, 0.25) is 0 Å². The van der Waals surface area contributed by atoms with E-state index < -0.39 is 0 Å². The van der Waals surface area contributed by atoms with Crippen LogP contribution in [0.25, 0.3) is 0 Å². The Bertz CT molecular complexity index is 384. The van der Waals surface area contributed by atoms with Gasteiger partial charge in [-0.05, 0) is 64.5 Å². The Kier molecular flexibility index (Phi) is 4.48. The molecule has 3 heteroatoms. The molecule has 0 unspecified atom stereocenters. The molecule has 0 saturated carbocycles. The summed E-state index contributed by atoms with van der Waals surface area (Å²) in [7, 11) is 2.19. The van der Waals surface area contributed by atoms with Crippen molar-refractivity contribution >= 4 is 5.69 Å². The molecule has 1 aliphatic heterocycles. The molecule has 1 heterocycles. The van der Waals surface area contributed by atoms with Crippen LogP contribution in [0.4, 0.5) is 5.69 Å². The number of hydrogen-bond acceptors (Lipinski definition) is 3. The monoisotopic (exact) mass is 248 g/mol. The Morgan fingerprint density at radius 1 is 1.33 bits per heavy atom. The molecule has 1 saturated heterocycles. The van der Waals surface area contributed by atoms with Gasteiger partial charge in [0, 0.05) is 6.04 Å². The maximum absolute atomic E-state index is 5.71. The maximum Gasteiger partial charge on any atom is 0.142 e. The molecule has 100 valence electrons. The first-order valence-corrected chi connectivity index (χ1v) is 6.87. The number of nitrogens with zero attached hydrogens (tertiary/aromatic N) is 1. The first-order chi connectivity index (χ1) is 8.69. The summed E-state index contributed by atoms with van der Waals surface area (Å²) < 4.78 is 5.71. The Morgan fingerprint density at radius 3 is 2.72 bits per heavy atom. The van der Waals surface area contributed by atoms with Gasteiger partial charge in [0.25, 0.3) is 0 Å². The normalized spacial score (nSPS) is 17.7. The van der Waals surface area contributed by atoms with E-state index in [1.54, 1.807) is 0 Å². The Balaban J connectivity index is 2.03. The first-order valence-electron chi connectivity index (χ1n) is 6.87. The van der Waals surface area contributed by atoms with Gasteiger partial charge in [-0.3, -0.25) is 0 Å². The lowest BCUT2D eigenvalue weighted by Crippen LogP contribution is -2.36. The zero-order chi connectivity index (χ0) is 13.0. The highest BCUT2D eigenvalue weighted by Crippen LogP contribution is 2.28. The largest absolute Gasteiger partial charge is 0.492 e. The number of piperidine rings is 1. The molecule has 0 aliphatic carbocycles. The molecule has 1 fully saturated rings. The summed E-state index contributed by atoms with van der Waals surface area (Å²) in [6.45, 7) is 7.19. The fourth-order valence-corrected chi connectivity index (χ4v) is 2.40. The third-order valence-corrected chi connectivity index (χ3v) is 3.52. The smallest absolute Gasteiger partial charge is 0.142 e. The van der Waals surface area contributed by atoms with Crippen LogP contribution in [0.3, 0.4) is 0 Å². The van der Waals surface area contributed by atoms with Gasteiger partial charge < -0.3 is 15.0 Å². The van der Waals surface area contributed by atoms with Gasteiger partial charge in [0.05, 0.1) is 12.3 Å².